The fourth-order valence-electron chi connectivity index (χ4n) is 2.82. The Morgan fingerprint density at radius 2 is 2.44 bits per heavy atom. The third-order valence-electron chi connectivity index (χ3n) is 3.74. The van der Waals surface area contributed by atoms with Gasteiger partial charge >= 0.3 is 0 Å². The Morgan fingerprint density at radius 1 is 1.50 bits per heavy atom. The summed E-state index contributed by atoms with van der Waals surface area (Å²) in [6.45, 7) is 0. The van der Waals surface area contributed by atoms with Gasteiger partial charge in [0.05, 0.1) is 0 Å². The molecule has 2 aromatic heterocycles. The fourth-order valence-corrected chi connectivity index (χ4v) is 3.50. The lowest BCUT2D eigenvalue weighted by Gasteiger charge is -2.22. The first-order valence-electron chi connectivity index (χ1n) is 6.29. The average Bonchev–Trinajstić information content (AvgIpc) is 3.05. The summed E-state index contributed by atoms with van der Waals surface area (Å²) in [6.07, 6.45) is 5.12. The number of hydrazine groups is 1. The SMILES string of the molecule is NNC(Cc1ccsc1)C1CCc2cccnc21. The molecule has 94 valence electrons. The molecular weight excluding hydrogens is 242 g/mol. The molecule has 0 saturated carbocycles. The highest BCUT2D eigenvalue weighted by molar-refractivity contribution is 7.07. The molecule has 0 radical (unpaired) electrons. The van der Waals surface area contributed by atoms with E-state index in [1.165, 1.54) is 16.8 Å². The highest BCUT2D eigenvalue weighted by atomic mass is 32.1. The number of nitrogens with one attached hydrogen (secondary N) is 1. The van der Waals surface area contributed by atoms with Crippen molar-refractivity contribution in [2.75, 3.05) is 0 Å². The Bertz CT molecular complexity index is 510. The van der Waals surface area contributed by atoms with Crippen LogP contribution in [0.15, 0.2) is 35.2 Å². The molecule has 18 heavy (non-hydrogen) atoms. The third-order valence-corrected chi connectivity index (χ3v) is 4.47. The van der Waals surface area contributed by atoms with Crippen LogP contribution in [0, 0.1) is 0 Å². The number of nitrogens with zero attached hydrogens (tertiary/aromatic N) is 1. The molecule has 4 heteroatoms. The maximum atomic E-state index is 5.75. The van der Waals surface area contributed by atoms with Crippen LogP contribution < -0.4 is 11.3 Å². The van der Waals surface area contributed by atoms with E-state index in [1.54, 1.807) is 11.3 Å². The van der Waals surface area contributed by atoms with Crippen molar-refractivity contribution in [1.82, 2.24) is 10.4 Å². The molecule has 0 fully saturated rings. The molecule has 3 nitrogen and oxygen atoms in total. The van der Waals surface area contributed by atoms with Gasteiger partial charge in [0.2, 0.25) is 0 Å². The van der Waals surface area contributed by atoms with Gasteiger partial charge in [0.1, 0.15) is 0 Å². The van der Waals surface area contributed by atoms with Crippen LogP contribution in [0.5, 0.6) is 0 Å². The topological polar surface area (TPSA) is 50.9 Å². The number of aromatic nitrogens is 1. The Hall–Kier alpha value is -1.23. The first kappa shape index (κ1) is 11.8. The number of thiophene rings is 1. The summed E-state index contributed by atoms with van der Waals surface area (Å²) in [6, 6.07) is 6.64. The van der Waals surface area contributed by atoms with Crippen molar-refractivity contribution in [3.8, 4) is 0 Å². The second-order valence-corrected chi connectivity index (χ2v) is 5.58. The van der Waals surface area contributed by atoms with E-state index < -0.39 is 0 Å². The Morgan fingerprint density at radius 3 is 3.22 bits per heavy atom. The molecule has 0 bridgehead atoms. The molecule has 2 aromatic rings. The number of pyridine rings is 1. The molecule has 1 aliphatic rings. The third kappa shape index (κ3) is 2.19. The second-order valence-electron chi connectivity index (χ2n) is 4.80. The van der Waals surface area contributed by atoms with E-state index >= 15 is 0 Å². The van der Waals surface area contributed by atoms with Crippen LogP contribution >= 0.6 is 11.3 Å². The average molecular weight is 259 g/mol. The monoisotopic (exact) mass is 259 g/mol. The lowest BCUT2D eigenvalue weighted by Crippen LogP contribution is -2.41. The van der Waals surface area contributed by atoms with Gasteiger partial charge in [-0.05, 0) is 53.3 Å². The van der Waals surface area contributed by atoms with Crippen LogP contribution in [0.1, 0.15) is 29.2 Å². The van der Waals surface area contributed by atoms with Crippen LogP contribution in [0.3, 0.4) is 0 Å². The lowest BCUT2D eigenvalue weighted by molar-refractivity contribution is 0.429. The van der Waals surface area contributed by atoms with E-state index in [0.717, 1.165) is 19.3 Å². The minimum Gasteiger partial charge on any atom is -0.271 e. The first-order chi connectivity index (χ1) is 8.88. The van der Waals surface area contributed by atoms with Crippen molar-refractivity contribution in [3.63, 3.8) is 0 Å². The Labute approximate surface area is 111 Å². The summed E-state index contributed by atoms with van der Waals surface area (Å²) in [5.41, 5.74) is 6.96. The van der Waals surface area contributed by atoms with Gasteiger partial charge < -0.3 is 0 Å². The smallest absolute Gasteiger partial charge is 0.0482 e. The van der Waals surface area contributed by atoms with Crippen molar-refractivity contribution in [3.05, 3.63) is 52.0 Å². The molecule has 2 atom stereocenters. The summed E-state index contributed by atoms with van der Waals surface area (Å²) in [5.74, 6) is 6.19. The molecule has 1 aliphatic carbocycles. The summed E-state index contributed by atoms with van der Waals surface area (Å²) in [4.78, 5) is 4.55. The number of fused-ring (bicyclic) bond motifs is 1. The van der Waals surface area contributed by atoms with Crippen LogP contribution in [0.25, 0.3) is 0 Å². The molecule has 0 saturated heterocycles. The number of hydrogen-bond acceptors (Lipinski definition) is 4. The van der Waals surface area contributed by atoms with Gasteiger partial charge in [-0.15, -0.1) is 0 Å². The summed E-state index contributed by atoms with van der Waals surface area (Å²) in [5, 5.41) is 4.31. The van der Waals surface area contributed by atoms with Crippen LogP contribution in [-0.2, 0) is 12.8 Å². The maximum Gasteiger partial charge on any atom is 0.0482 e. The molecular formula is C14H17N3S. The number of aryl methyl sites for hydroxylation is 1. The number of rotatable bonds is 4. The summed E-state index contributed by atoms with van der Waals surface area (Å²) in [7, 11) is 0. The van der Waals surface area contributed by atoms with E-state index in [2.05, 4.69) is 33.3 Å². The molecule has 3 N–H and O–H groups in total. The van der Waals surface area contributed by atoms with E-state index in [-0.39, 0.29) is 6.04 Å². The van der Waals surface area contributed by atoms with E-state index in [1.807, 2.05) is 12.3 Å². The predicted molar refractivity (Wildman–Crippen MR) is 74.4 cm³/mol. The van der Waals surface area contributed by atoms with Gasteiger partial charge in [-0.1, -0.05) is 6.07 Å². The summed E-state index contributed by atoms with van der Waals surface area (Å²) >= 11 is 1.74. The van der Waals surface area contributed by atoms with Gasteiger partial charge in [-0.3, -0.25) is 16.3 Å². The van der Waals surface area contributed by atoms with E-state index in [4.69, 9.17) is 5.84 Å². The highest BCUT2D eigenvalue weighted by Gasteiger charge is 2.30. The maximum absolute atomic E-state index is 5.75. The zero-order valence-corrected chi connectivity index (χ0v) is 11.0. The molecule has 0 amide bonds. The second kappa shape index (κ2) is 5.18. The first-order valence-corrected chi connectivity index (χ1v) is 7.24. The lowest BCUT2D eigenvalue weighted by atomic mass is 9.93. The molecule has 0 spiro atoms. The Kier molecular flexibility index (Phi) is 3.41. The molecule has 2 heterocycles. The quantitative estimate of drug-likeness (QED) is 0.654. The number of hydrogen-bond donors (Lipinski definition) is 2. The van der Waals surface area contributed by atoms with E-state index in [9.17, 15) is 0 Å². The summed E-state index contributed by atoms with van der Waals surface area (Å²) < 4.78 is 0. The number of nitrogens with two attached hydrogens (primary N) is 1. The van der Waals surface area contributed by atoms with Crippen molar-refractivity contribution >= 4 is 11.3 Å². The van der Waals surface area contributed by atoms with Crippen molar-refractivity contribution < 1.29 is 0 Å². The Balaban J connectivity index is 1.81. The van der Waals surface area contributed by atoms with Gasteiger partial charge in [0.15, 0.2) is 0 Å². The van der Waals surface area contributed by atoms with Crippen molar-refractivity contribution in [2.24, 2.45) is 5.84 Å². The standard InChI is InChI=1S/C14H17N3S/c15-17-13(8-10-5-7-18-9-10)12-4-3-11-2-1-6-16-14(11)12/h1-2,5-7,9,12-13,17H,3-4,8,15H2. The predicted octanol–water partition coefficient (Wildman–Crippen LogP) is 2.25. The van der Waals surface area contributed by atoms with Crippen LogP contribution in [0.2, 0.25) is 0 Å². The van der Waals surface area contributed by atoms with Gasteiger partial charge in [0, 0.05) is 23.9 Å². The fraction of sp³-hybridized carbons (Fsp3) is 0.357. The van der Waals surface area contributed by atoms with Gasteiger partial charge in [-0.25, -0.2) is 0 Å². The van der Waals surface area contributed by atoms with Crippen molar-refractivity contribution in [2.45, 2.75) is 31.2 Å². The molecule has 0 aromatic carbocycles. The van der Waals surface area contributed by atoms with E-state index in [0.29, 0.717) is 5.92 Å². The van der Waals surface area contributed by atoms with Crippen molar-refractivity contribution in [1.29, 1.82) is 0 Å². The minimum atomic E-state index is 0.274. The molecule has 2 unspecified atom stereocenters. The van der Waals surface area contributed by atoms with Gasteiger partial charge in [-0.2, -0.15) is 11.3 Å². The normalized spacial score (nSPS) is 19.7. The van der Waals surface area contributed by atoms with Crippen LogP contribution in [-0.4, -0.2) is 11.0 Å². The zero-order valence-electron chi connectivity index (χ0n) is 10.2. The van der Waals surface area contributed by atoms with Crippen LogP contribution in [0.4, 0.5) is 0 Å². The zero-order chi connectivity index (χ0) is 12.4. The minimum absolute atomic E-state index is 0.274. The molecule has 0 aliphatic heterocycles. The highest BCUT2D eigenvalue weighted by Crippen LogP contribution is 2.34. The van der Waals surface area contributed by atoms with Gasteiger partial charge in [0.25, 0.3) is 0 Å². The molecule has 3 rings (SSSR count). The largest absolute Gasteiger partial charge is 0.271 e.